The fraction of sp³-hybridized carbons (Fsp3) is 0.818. The first kappa shape index (κ1) is 12.9. The smallest absolute Gasteiger partial charge is 0.236 e. The van der Waals surface area contributed by atoms with Crippen molar-refractivity contribution >= 4 is 5.91 Å². The molecule has 0 bridgehead atoms. The van der Waals surface area contributed by atoms with Crippen molar-refractivity contribution in [1.29, 1.82) is 5.26 Å². The SMILES string of the molecule is CO[C@H]1[C@@H](F)CN(C(=O)CC#N)CC1(C)C. The van der Waals surface area contributed by atoms with Crippen molar-refractivity contribution in [3.63, 3.8) is 0 Å². The van der Waals surface area contributed by atoms with Gasteiger partial charge in [0.05, 0.1) is 18.7 Å². The van der Waals surface area contributed by atoms with Gasteiger partial charge in [-0.25, -0.2) is 4.39 Å². The number of likely N-dealkylation sites (tertiary alicyclic amines) is 1. The average Bonchev–Trinajstić information content (AvgIpc) is 2.16. The topological polar surface area (TPSA) is 53.3 Å². The van der Waals surface area contributed by atoms with E-state index in [0.717, 1.165) is 0 Å². The zero-order valence-electron chi connectivity index (χ0n) is 9.86. The van der Waals surface area contributed by atoms with E-state index in [1.54, 1.807) is 6.07 Å². The first-order valence-corrected chi connectivity index (χ1v) is 5.24. The van der Waals surface area contributed by atoms with Crippen LogP contribution in [0.25, 0.3) is 0 Å². The highest BCUT2D eigenvalue weighted by Crippen LogP contribution is 2.33. The first-order chi connectivity index (χ1) is 7.42. The minimum absolute atomic E-state index is 0.0163. The van der Waals surface area contributed by atoms with Crippen molar-refractivity contribution < 1.29 is 13.9 Å². The van der Waals surface area contributed by atoms with Crippen LogP contribution in [0.4, 0.5) is 4.39 Å². The predicted octanol–water partition coefficient (Wildman–Crippen LogP) is 1.12. The van der Waals surface area contributed by atoms with Crippen molar-refractivity contribution in [2.45, 2.75) is 32.5 Å². The van der Waals surface area contributed by atoms with Gasteiger partial charge in [0.1, 0.15) is 12.6 Å². The molecule has 16 heavy (non-hydrogen) atoms. The predicted molar refractivity (Wildman–Crippen MR) is 56.3 cm³/mol. The van der Waals surface area contributed by atoms with Gasteiger partial charge in [0.25, 0.3) is 0 Å². The van der Waals surface area contributed by atoms with Crippen LogP contribution >= 0.6 is 0 Å². The second-order valence-electron chi connectivity index (χ2n) is 4.77. The molecule has 5 heteroatoms. The summed E-state index contributed by atoms with van der Waals surface area (Å²) in [4.78, 5) is 12.9. The number of nitrogens with zero attached hydrogens (tertiary/aromatic N) is 2. The van der Waals surface area contributed by atoms with Gasteiger partial charge in [-0.3, -0.25) is 4.79 Å². The van der Waals surface area contributed by atoms with Crippen LogP contribution in [-0.4, -0.2) is 43.3 Å². The number of carbonyl (C=O) groups is 1. The van der Waals surface area contributed by atoms with E-state index in [9.17, 15) is 9.18 Å². The Morgan fingerprint density at radius 3 is 2.75 bits per heavy atom. The van der Waals surface area contributed by atoms with Crippen LogP contribution in [0, 0.1) is 16.7 Å². The Morgan fingerprint density at radius 1 is 1.69 bits per heavy atom. The molecule has 1 heterocycles. The molecule has 0 spiro atoms. The van der Waals surface area contributed by atoms with Gasteiger partial charge in [-0.05, 0) is 0 Å². The molecule has 0 saturated carbocycles. The largest absolute Gasteiger partial charge is 0.378 e. The third-order valence-electron chi connectivity index (χ3n) is 2.93. The van der Waals surface area contributed by atoms with E-state index in [1.165, 1.54) is 12.0 Å². The minimum Gasteiger partial charge on any atom is -0.378 e. The number of amides is 1. The number of carbonyl (C=O) groups excluding carboxylic acids is 1. The monoisotopic (exact) mass is 228 g/mol. The van der Waals surface area contributed by atoms with E-state index in [2.05, 4.69) is 0 Å². The second kappa shape index (κ2) is 4.79. The van der Waals surface area contributed by atoms with Crippen LogP contribution in [0.5, 0.6) is 0 Å². The first-order valence-electron chi connectivity index (χ1n) is 5.24. The average molecular weight is 228 g/mol. The van der Waals surface area contributed by atoms with Gasteiger partial charge in [-0.1, -0.05) is 13.8 Å². The van der Waals surface area contributed by atoms with Crippen LogP contribution in [0.1, 0.15) is 20.3 Å². The molecule has 1 rings (SSSR count). The van der Waals surface area contributed by atoms with Crippen LogP contribution < -0.4 is 0 Å². The number of alkyl halides is 1. The van der Waals surface area contributed by atoms with E-state index in [0.29, 0.717) is 6.54 Å². The van der Waals surface area contributed by atoms with Crippen molar-refractivity contribution in [2.24, 2.45) is 5.41 Å². The number of hydrogen-bond donors (Lipinski definition) is 0. The molecule has 0 radical (unpaired) electrons. The number of hydrogen-bond acceptors (Lipinski definition) is 3. The Labute approximate surface area is 95.0 Å². The zero-order valence-corrected chi connectivity index (χ0v) is 9.86. The number of nitriles is 1. The van der Waals surface area contributed by atoms with Gasteiger partial charge >= 0.3 is 0 Å². The van der Waals surface area contributed by atoms with Crippen molar-refractivity contribution in [1.82, 2.24) is 4.90 Å². The maximum absolute atomic E-state index is 13.8. The number of methoxy groups -OCH3 is 1. The molecule has 1 saturated heterocycles. The third kappa shape index (κ3) is 2.50. The minimum atomic E-state index is -1.20. The Hall–Kier alpha value is -1.15. The summed E-state index contributed by atoms with van der Waals surface area (Å²) in [5.74, 6) is -0.312. The van der Waals surface area contributed by atoms with Gasteiger partial charge < -0.3 is 9.64 Å². The van der Waals surface area contributed by atoms with Gasteiger partial charge in [0.15, 0.2) is 0 Å². The zero-order chi connectivity index (χ0) is 12.3. The lowest BCUT2D eigenvalue weighted by Crippen LogP contribution is -2.57. The molecule has 1 aliphatic rings. The summed E-state index contributed by atoms with van der Waals surface area (Å²) in [5.41, 5.74) is -0.433. The highest BCUT2D eigenvalue weighted by atomic mass is 19.1. The molecule has 0 aromatic carbocycles. The molecule has 1 aliphatic heterocycles. The maximum atomic E-state index is 13.8. The molecule has 90 valence electrons. The summed E-state index contributed by atoms with van der Waals surface area (Å²) in [6.45, 7) is 4.16. The summed E-state index contributed by atoms with van der Waals surface area (Å²) in [5, 5.41) is 8.45. The van der Waals surface area contributed by atoms with Gasteiger partial charge in [-0.15, -0.1) is 0 Å². The van der Waals surface area contributed by atoms with Crippen molar-refractivity contribution in [2.75, 3.05) is 20.2 Å². The molecule has 1 fully saturated rings. The normalized spacial score (nSPS) is 28.6. The van der Waals surface area contributed by atoms with Gasteiger partial charge in [0, 0.05) is 19.1 Å². The number of rotatable bonds is 2. The molecule has 2 atom stereocenters. The second-order valence-corrected chi connectivity index (χ2v) is 4.77. The summed E-state index contributed by atoms with van der Waals surface area (Å²) in [6.07, 6.45) is -1.89. The molecular formula is C11H17FN2O2. The highest BCUT2D eigenvalue weighted by molar-refractivity contribution is 5.78. The lowest BCUT2D eigenvalue weighted by molar-refractivity contribution is -0.145. The summed E-state index contributed by atoms with van der Waals surface area (Å²) in [6, 6.07) is 1.79. The van der Waals surface area contributed by atoms with Crippen molar-refractivity contribution in [3.05, 3.63) is 0 Å². The van der Waals surface area contributed by atoms with E-state index in [-0.39, 0.29) is 18.9 Å². The Kier molecular flexibility index (Phi) is 3.87. The van der Waals surface area contributed by atoms with E-state index in [4.69, 9.17) is 10.00 Å². The molecule has 1 amide bonds. The fourth-order valence-corrected chi connectivity index (χ4v) is 2.28. The lowest BCUT2D eigenvalue weighted by Gasteiger charge is -2.45. The summed E-state index contributed by atoms with van der Waals surface area (Å²) >= 11 is 0. The highest BCUT2D eigenvalue weighted by Gasteiger charge is 2.44. The Morgan fingerprint density at radius 2 is 2.31 bits per heavy atom. The van der Waals surface area contributed by atoms with Gasteiger partial charge in [-0.2, -0.15) is 5.26 Å². The van der Waals surface area contributed by atoms with Crippen LogP contribution in [0.2, 0.25) is 0 Å². The molecule has 0 N–H and O–H groups in total. The van der Waals surface area contributed by atoms with Crippen LogP contribution in [0.3, 0.4) is 0 Å². The van der Waals surface area contributed by atoms with Crippen LogP contribution in [-0.2, 0) is 9.53 Å². The molecular weight excluding hydrogens is 211 g/mol. The van der Waals surface area contributed by atoms with Crippen LogP contribution in [0.15, 0.2) is 0 Å². The standard InChI is InChI=1S/C11H17FN2O2/c1-11(2)7-14(9(15)4-5-13)6-8(12)10(11)16-3/h8,10H,4,6-7H2,1-3H3/t8-,10-/m0/s1. The molecule has 0 aliphatic carbocycles. The number of halogens is 1. The summed E-state index contributed by atoms with van der Waals surface area (Å²) < 4.78 is 18.9. The molecule has 0 unspecified atom stereocenters. The fourth-order valence-electron chi connectivity index (χ4n) is 2.28. The maximum Gasteiger partial charge on any atom is 0.236 e. The van der Waals surface area contributed by atoms with Crippen molar-refractivity contribution in [3.8, 4) is 6.07 Å². The van der Waals surface area contributed by atoms with E-state index >= 15 is 0 Å². The van der Waals surface area contributed by atoms with Gasteiger partial charge in [0.2, 0.25) is 5.91 Å². The molecule has 4 nitrogen and oxygen atoms in total. The quantitative estimate of drug-likeness (QED) is 0.711. The number of ether oxygens (including phenoxy) is 1. The van der Waals surface area contributed by atoms with E-state index in [1.807, 2.05) is 13.8 Å². The lowest BCUT2D eigenvalue weighted by atomic mass is 9.80. The van der Waals surface area contributed by atoms with E-state index < -0.39 is 17.7 Å². The summed E-state index contributed by atoms with van der Waals surface area (Å²) in [7, 11) is 1.48. The number of piperidine rings is 1. The third-order valence-corrected chi connectivity index (χ3v) is 2.93. The Balaban J connectivity index is 2.76. The molecule has 0 aromatic heterocycles. The Bertz CT molecular complexity index is 312. The molecule has 0 aromatic rings.